The quantitative estimate of drug-likeness (QED) is 0.829. The average Bonchev–Trinajstić information content (AvgIpc) is 2.26. The van der Waals surface area contributed by atoms with E-state index in [4.69, 9.17) is 16.7 Å². The lowest BCUT2D eigenvalue weighted by Gasteiger charge is -2.35. The van der Waals surface area contributed by atoms with Crippen molar-refractivity contribution in [1.29, 1.82) is 0 Å². The van der Waals surface area contributed by atoms with E-state index in [0.717, 1.165) is 5.56 Å². The van der Waals surface area contributed by atoms with E-state index >= 15 is 0 Å². The van der Waals surface area contributed by atoms with E-state index in [9.17, 15) is 4.79 Å². The summed E-state index contributed by atoms with van der Waals surface area (Å²) in [5, 5.41) is 12.6. The van der Waals surface area contributed by atoms with Crippen molar-refractivity contribution in [2.45, 2.75) is 12.6 Å². The van der Waals surface area contributed by atoms with Crippen molar-refractivity contribution in [2.75, 3.05) is 19.6 Å². The minimum Gasteiger partial charge on any atom is -0.390 e. The lowest BCUT2D eigenvalue weighted by molar-refractivity contribution is -0.125. The molecule has 0 aromatic heterocycles. The van der Waals surface area contributed by atoms with Gasteiger partial charge in [-0.3, -0.25) is 9.69 Å². The number of β-amino-alcohol motifs (C(OH)–C–C–N with tert-alkyl or cyclic N) is 1. The van der Waals surface area contributed by atoms with Crippen LogP contribution < -0.4 is 5.32 Å². The molecule has 1 fully saturated rings. The highest BCUT2D eigenvalue weighted by atomic mass is 35.5. The summed E-state index contributed by atoms with van der Waals surface area (Å²) in [5.41, 5.74) is 1.02. The van der Waals surface area contributed by atoms with Gasteiger partial charge in [0.2, 0.25) is 5.91 Å². The number of hydrogen-bond donors (Lipinski definition) is 2. The Kier molecular flexibility index (Phi) is 3.99. The van der Waals surface area contributed by atoms with E-state index in [1.807, 2.05) is 17.0 Å². The molecule has 0 radical (unpaired) electrons. The van der Waals surface area contributed by atoms with Crippen LogP contribution >= 0.6 is 11.6 Å². The second kappa shape index (κ2) is 5.49. The normalized spacial score (nSPS) is 16.6. The van der Waals surface area contributed by atoms with Crippen LogP contribution in [0.1, 0.15) is 5.56 Å². The molecule has 0 atom stereocenters. The van der Waals surface area contributed by atoms with Crippen molar-refractivity contribution in [3.63, 3.8) is 0 Å². The van der Waals surface area contributed by atoms with Crippen LogP contribution in [0.4, 0.5) is 0 Å². The molecule has 2 N–H and O–H groups in total. The van der Waals surface area contributed by atoms with Crippen molar-refractivity contribution in [3.8, 4) is 0 Å². The summed E-state index contributed by atoms with van der Waals surface area (Å²) < 4.78 is 0. The summed E-state index contributed by atoms with van der Waals surface area (Å²) >= 11 is 5.77. The molecule has 4 nitrogen and oxygen atoms in total. The number of aliphatic hydroxyl groups excluding tert-OH is 1. The second-order valence-corrected chi connectivity index (χ2v) is 4.69. The Morgan fingerprint density at radius 3 is 2.65 bits per heavy atom. The zero-order chi connectivity index (χ0) is 12.3. The summed E-state index contributed by atoms with van der Waals surface area (Å²) in [6.07, 6.45) is -0.265. The first-order chi connectivity index (χ1) is 8.13. The molecule has 0 saturated carbocycles. The SMILES string of the molecule is O=C(CN1CC(O)C1)NCc1ccc(Cl)cc1. The molecule has 1 aromatic rings. The van der Waals surface area contributed by atoms with Crippen LogP contribution in [0.25, 0.3) is 0 Å². The molecule has 5 heteroatoms. The molecule has 0 aliphatic carbocycles. The van der Waals surface area contributed by atoms with E-state index in [2.05, 4.69) is 5.32 Å². The highest BCUT2D eigenvalue weighted by Crippen LogP contribution is 2.09. The van der Waals surface area contributed by atoms with Gasteiger partial charge >= 0.3 is 0 Å². The monoisotopic (exact) mass is 254 g/mol. The fourth-order valence-corrected chi connectivity index (χ4v) is 1.86. The third kappa shape index (κ3) is 3.70. The molecular weight excluding hydrogens is 240 g/mol. The first-order valence-corrected chi connectivity index (χ1v) is 5.93. The second-order valence-electron chi connectivity index (χ2n) is 4.25. The van der Waals surface area contributed by atoms with Gasteiger partial charge in [-0.25, -0.2) is 0 Å². The molecule has 1 aliphatic heterocycles. The summed E-state index contributed by atoms with van der Waals surface area (Å²) in [5.74, 6) is -0.0214. The van der Waals surface area contributed by atoms with Crippen LogP contribution in [-0.2, 0) is 11.3 Å². The minimum atomic E-state index is -0.265. The number of halogens is 1. The number of likely N-dealkylation sites (tertiary alicyclic amines) is 1. The van der Waals surface area contributed by atoms with Crippen LogP contribution in [0.2, 0.25) is 5.02 Å². The van der Waals surface area contributed by atoms with Gasteiger partial charge < -0.3 is 10.4 Å². The van der Waals surface area contributed by atoms with Gasteiger partial charge in [-0.05, 0) is 17.7 Å². The van der Waals surface area contributed by atoms with Gasteiger partial charge in [-0.1, -0.05) is 23.7 Å². The molecular formula is C12H15ClN2O2. The summed E-state index contributed by atoms with van der Waals surface area (Å²) in [6, 6.07) is 7.37. The number of carbonyl (C=O) groups excluding carboxylic acids is 1. The zero-order valence-corrected chi connectivity index (χ0v) is 10.2. The fourth-order valence-electron chi connectivity index (χ4n) is 1.73. The lowest BCUT2D eigenvalue weighted by atomic mass is 10.2. The first-order valence-electron chi connectivity index (χ1n) is 5.55. The molecule has 1 amide bonds. The largest absolute Gasteiger partial charge is 0.390 e. The Labute approximate surface area is 105 Å². The van der Waals surface area contributed by atoms with E-state index in [-0.39, 0.29) is 12.0 Å². The van der Waals surface area contributed by atoms with E-state index in [0.29, 0.717) is 31.2 Å². The molecule has 0 spiro atoms. The molecule has 17 heavy (non-hydrogen) atoms. The van der Waals surface area contributed by atoms with Crippen molar-refractivity contribution in [1.82, 2.24) is 10.2 Å². The van der Waals surface area contributed by atoms with Gasteiger partial charge in [-0.15, -0.1) is 0 Å². The molecule has 1 aliphatic rings. The van der Waals surface area contributed by atoms with Crippen molar-refractivity contribution >= 4 is 17.5 Å². The standard InChI is InChI=1S/C12H15ClN2O2/c13-10-3-1-9(2-4-10)5-14-12(17)8-15-6-11(16)7-15/h1-4,11,16H,5-8H2,(H,14,17). The highest BCUT2D eigenvalue weighted by Gasteiger charge is 2.25. The molecule has 1 saturated heterocycles. The predicted molar refractivity (Wildman–Crippen MR) is 65.7 cm³/mol. The average molecular weight is 255 g/mol. The third-order valence-electron chi connectivity index (χ3n) is 2.71. The Hall–Kier alpha value is -1.10. The number of hydrogen-bond acceptors (Lipinski definition) is 3. The number of rotatable bonds is 4. The minimum absolute atomic E-state index is 0.0214. The van der Waals surface area contributed by atoms with E-state index in [1.54, 1.807) is 12.1 Å². The molecule has 0 bridgehead atoms. The Morgan fingerprint density at radius 1 is 1.41 bits per heavy atom. The van der Waals surface area contributed by atoms with Crippen LogP contribution in [0.3, 0.4) is 0 Å². The molecule has 0 unspecified atom stereocenters. The number of aliphatic hydroxyl groups is 1. The van der Waals surface area contributed by atoms with Gasteiger partial charge in [0.05, 0.1) is 12.6 Å². The van der Waals surface area contributed by atoms with Crippen molar-refractivity contribution < 1.29 is 9.90 Å². The zero-order valence-electron chi connectivity index (χ0n) is 9.40. The first kappa shape index (κ1) is 12.4. The lowest BCUT2D eigenvalue weighted by Crippen LogP contribution is -2.53. The number of benzene rings is 1. The van der Waals surface area contributed by atoms with E-state index < -0.39 is 0 Å². The Bertz CT molecular complexity index is 388. The number of amides is 1. The van der Waals surface area contributed by atoms with Crippen LogP contribution in [0.15, 0.2) is 24.3 Å². The third-order valence-corrected chi connectivity index (χ3v) is 2.96. The van der Waals surface area contributed by atoms with Crippen LogP contribution in [0.5, 0.6) is 0 Å². The Balaban J connectivity index is 1.70. The number of nitrogens with zero attached hydrogens (tertiary/aromatic N) is 1. The maximum Gasteiger partial charge on any atom is 0.234 e. The van der Waals surface area contributed by atoms with Gasteiger partial charge in [0.25, 0.3) is 0 Å². The summed E-state index contributed by atoms with van der Waals surface area (Å²) in [7, 11) is 0. The predicted octanol–water partition coefficient (Wildman–Crippen LogP) is 0.633. The summed E-state index contributed by atoms with van der Waals surface area (Å²) in [4.78, 5) is 13.4. The fraction of sp³-hybridized carbons (Fsp3) is 0.417. The Morgan fingerprint density at radius 2 is 2.06 bits per heavy atom. The van der Waals surface area contributed by atoms with Crippen molar-refractivity contribution in [2.24, 2.45) is 0 Å². The topological polar surface area (TPSA) is 52.6 Å². The maximum absolute atomic E-state index is 11.5. The van der Waals surface area contributed by atoms with Gasteiger partial charge in [0.15, 0.2) is 0 Å². The molecule has 1 aromatic carbocycles. The molecule has 1 heterocycles. The number of carbonyl (C=O) groups is 1. The van der Waals surface area contributed by atoms with E-state index in [1.165, 1.54) is 0 Å². The highest BCUT2D eigenvalue weighted by molar-refractivity contribution is 6.30. The summed E-state index contributed by atoms with van der Waals surface area (Å²) in [6.45, 7) is 2.04. The maximum atomic E-state index is 11.5. The smallest absolute Gasteiger partial charge is 0.234 e. The van der Waals surface area contributed by atoms with Gasteiger partial charge in [0.1, 0.15) is 0 Å². The number of nitrogens with one attached hydrogen (secondary N) is 1. The van der Waals surface area contributed by atoms with Crippen LogP contribution in [-0.4, -0.2) is 41.7 Å². The molecule has 2 rings (SSSR count). The van der Waals surface area contributed by atoms with Gasteiger partial charge in [0, 0.05) is 24.7 Å². The van der Waals surface area contributed by atoms with Gasteiger partial charge in [-0.2, -0.15) is 0 Å². The van der Waals surface area contributed by atoms with Crippen molar-refractivity contribution in [3.05, 3.63) is 34.9 Å². The molecule has 92 valence electrons. The van der Waals surface area contributed by atoms with Crippen LogP contribution in [0, 0.1) is 0 Å².